The number of hydrogen-bond donors (Lipinski definition) is 4. The average Bonchev–Trinajstić information content (AvgIpc) is 3.29. The second kappa shape index (κ2) is 7.58. The fourth-order valence-electron chi connectivity index (χ4n) is 3.74. The van der Waals surface area contributed by atoms with Crippen molar-refractivity contribution >= 4 is 48.9 Å². The van der Waals surface area contributed by atoms with Gasteiger partial charge in [-0.2, -0.15) is 0 Å². The van der Waals surface area contributed by atoms with Gasteiger partial charge in [-0.3, -0.25) is 0 Å². The number of aromatic nitrogens is 1. The van der Waals surface area contributed by atoms with Gasteiger partial charge in [0.1, 0.15) is 14.8 Å². The quantitative estimate of drug-likeness (QED) is 0.440. The van der Waals surface area contributed by atoms with Crippen molar-refractivity contribution in [3.63, 3.8) is 0 Å². The lowest BCUT2D eigenvalue weighted by molar-refractivity contribution is 0.0783. The molecule has 2 atom stereocenters. The molecule has 2 aliphatic carbocycles. The van der Waals surface area contributed by atoms with Gasteiger partial charge < -0.3 is 10.4 Å². The van der Waals surface area contributed by atoms with Crippen LogP contribution in [0.15, 0.2) is 20.9 Å². The van der Waals surface area contributed by atoms with Gasteiger partial charge in [0.15, 0.2) is 9.92 Å². The van der Waals surface area contributed by atoms with E-state index >= 15 is 0 Å². The maximum Gasteiger partial charge on any atom is 0.331 e. The number of anilines is 1. The monoisotopic (exact) mass is 512 g/mol. The Balaban J connectivity index is 1.57. The van der Waals surface area contributed by atoms with Gasteiger partial charge in [0.2, 0.25) is 0 Å². The minimum atomic E-state index is -3.60. The zero-order chi connectivity index (χ0) is 21.8. The summed E-state index contributed by atoms with van der Waals surface area (Å²) in [4.78, 5) is 16.8. The summed E-state index contributed by atoms with van der Waals surface area (Å²) >= 11 is 4.62. The van der Waals surface area contributed by atoms with E-state index in [1.54, 1.807) is 13.8 Å². The summed E-state index contributed by atoms with van der Waals surface area (Å²) < 4.78 is 24.5. The van der Waals surface area contributed by atoms with Gasteiger partial charge in [0.05, 0.1) is 6.20 Å². The first kappa shape index (κ1) is 21.7. The molecule has 4 N–H and O–H groups in total. The van der Waals surface area contributed by atoms with Gasteiger partial charge in [-0.15, -0.1) is 11.3 Å². The van der Waals surface area contributed by atoms with E-state index in [0.717, 1.165) is 45.5 Å². The highest BCUT2D eigenvalue weighted by molar-refractivity contribution is 9.10. The molecule has 0 aliphatic heterocycles. The third-order valence-corrected chi connectivity index (χ3v) is 9.65. The number of thiazole rings is 1. The Morgan fingerprint density at radius 2 is 2.07 bits per heavy atom. The number of nitrogens with one attached hydrogen (secondary N) is 3. The summed E-state index contributed by atoms with van der Waals surface area (Å²) in [6, 6.07) is 1.42. The van der Waals surface area contributed by atoms with Crippen molar-refractivity contribution in [1.82, 2.24) is 9.71 Å². The van der Waals surface area contributed by atoms with Crippen LogP contribution in [0.4, 0.5) is 10.5 Å². The number of aliphatic hydroxyl groups is 1. The Hall–Kier alpha value is -1.49. The SMILES string of the molecule is C[C@H](c1cc(Br)c2c(c1NC(=O)N[S@@](=N)(=O)c1cnc(C(C)(C)O)s1)CC2)C1CC1. The van der Waals surface area contributed by atoms with E-state index < -0.39 is 21.5 Å². The molecule has 4 rings (SSSR count). The molecule has 0 unspecified atom stereocenters. The number of rotatable bonds is 6. The number of carbonyl (C=O) groups excluding carboxylic acids is 1. The first-order chi connectivity index (χ1) is 14.0. The summed E-state index contributed by atoms with van der Waals surface area (Å²) in [7, 11) is -3.60. The normalized spacial score (nSPS) is 18.7. The van der Waals surface area contributed by atoms with Gasteiger partial charge >= 0.3 is 6.03 Å². The van der Waals surface area contributed by atoms with Crippen LogP contribution < -0.4 is 10.0 Å². The lowest BCUT2D eigenvalue weighted by atomic mass is 9.82. The third-order valence-electron chi connectivity index (χ3n) is 5.74. The number of fused-ring (bicyclic) bond motifs is 1. The Morgan fingerprint density at radius 3 is 2.60 bits per heavy atom. The van der Waals surface area contributed by atoms with Crippen LogP contribution in [0.3, 0.4) is 0 Å². The van der Waals surface area contributed by atoms with Crippen LogP contribution in [-0.4, -0.2) is 20.3 Å². The Morgan fingerprint density at radius 1 is 1.40 bits per heavy atom. The van der Waals surface area contributed by atoms with Crippen LogP contribution in [0.25, 0.3) is 0 Å². The molecule has 1 aromatic heterocycles. The molecule has 1 heterocycles. The number of nitrogens with zero attached hydrogens (tertiary/aromatic N) is 1. The Kier molecular flexibility index (Phi) is 5.49. The summed E-state index contributed by atoms with van der Waals surface area (Å²) in [5, 5.41) is 13.3. The van der Waals surface area contributed by atoms with Crippen LogP contribution in [0.1, 0.15) is 61.2 Å². The largest absolute Gasteiger partial charge is 0.383 e. The lowest BCUT2D eigenvalue weighted by Crippen LogP contribution is -2.34. The summed E-state index contributed by atoms with van der Waals surface area (Å²) in [6.07, 6.45) is 5.50. The molecule has 0 saturated heterocycles. The van der Waals surface area contributed by atoms with E-state index in [1.165, 1.54) is 24.6 Å². The maximum absolute atomic E-state index is 12.9. The van der Waals surface area contributed by atoms with E-state index in [1.807, 2.05) is 0 Å². The Bertz CT molecular complexity index is 1120. The summed E-state index contributed by atoms with van der Waals surface area (Å²) in [6.45, 7) is 5.31. The first-order valence-electron chi connectivity index (χ1n) is 9.87. The minimum absolute atomic E-state index is 0.102. The van der Waals surface area contributed by atoms with Crippen molar-refractivity contribution in [3.8, 4) is 0 Å². The van der Waals surface area contributed by atoms with Crippen molar-refractivity contribution in [2.24, 2.45) is 5.92 Å². The molecule has 1 aromatic carbocycles. The fraction of sp³-hybridized carbons (Fsp3) is 0.500. The van der Waals surface area contributed by atoms with Gasteiger partial charge in [-0.05, 0) is 74.1 Å². The van der Waals surface area contributed by atoms with Crippen LogP contribution in [0.2, 0.25) is 0 Å². The van der Waals surface area contributed by atoms with E-state index in [-0.39, 0.29) is 4.21 Å². The van der Waals surface area contributed by atoms with E-state index in [4.69, 9.17) is 4.78 Å². The van der Waals surface area contributed by atoms with Gasteiger partial charge in [-0.25, -0.2) is 23.5 Å². The predicted molar refractivity (Wildman–Crippen MR) is 121 cm³/mol. The van der Waals surface area contributed by atoms with Crippen molar-refractivity contribution < 1.29 is 14.1 Å². The number of hydrogen-bond acceptors (Lipinski definition) is 6. The topological polar surface area (TPSA) is 115 Å². The van der Waals surface area contributed by atoms with Gasteiger partial charge in [-0.1, -0.05) is 22.9 Å². The maximum atomic E-state index is 12.9. The highest BCUT2D eigenvalue weighted by atomic mass is 79.9. The molecule has 30 heavy (non-hydrogen) atoms. The Labute approximate surface area is 188 Å². The van der Waals surface area contributed by atoms with Gasteiger partial charge in [0.25, 0.3) is 0 Å². The van der Waals surface area contributed by atoms with Crippen molar-refractivity contribution in [2.45, 2.75) is 62.2 Å². The zero-order valence-electron chi connectivity index (χ0n) is 17.0. The smallest absolute Gasteiger partial charge is 0.331 e. The standard InChI is InChI=1S/C20H25BrN4O3S2/c1-10(11-4-5-11)14-8-15(21)12-6-7-13(12)17(14)24-19(26)25-30(22,28)16-9-23-18(29-16)20(2,3)27/h8-11,27H,4-7H2,1-3H3,(H3,22,24,25,26,28)/t10-,30+/m0/s1. The molecular formula is C20H25BrN4O3S2. The zero-order valence-corrected chi connectivity index (χ0v) is 20.3. The van der Waals surface area contributed by atoms with E-state index in [0.29, 0.717) is 16.8 Å². The molecule has 0 spiro atoms. The molecule has 1 saturated carbocycles. The first-order valence-corrected chi connectivity index (χ1v) is 13.0. The predicted octanol–water partition coefficient (Wildman–Crippen LogP) is 4.89. The van der Waals surface area contributed by atoms with Crippen molar-refractivity contribution in [1.29, 1.82) is 4.78 Å². The minimum Gasteiger partial charge on any atom is -0.383 e. The van der Waals surface area contributed by atoms with Crippen molar-refractivity contribution in [2.75, 3.05) is 5.32 Å². The second-order valence-corrected chi connectivity index (χ2v) is 12.5. The number of urea groups is 1. The molecule has 2 aromatic rings. The highest BCUT2D eigenvalue weighted by Gasteiger charge is 2.34. The van der Waals surface area contributed by atoms with E-state index in [9.17, 15) is 14.1 Å². The number of carbonyl (C=O) groups is 1. The molecule has 0 bridgehead atoms. The lowest BCUT2D eigenvalue weighted by Gasteiger charge is -2.29. The highest BCUT2D eigenvalue weighted by Crippen LogP contribution is 2.48. The van der Waals surface area contributed by atoms with Crippen molar-refractivity contribution in [3.05, 3.63) is 38.4 Å². The molecule has 0 radical (unpaired) electrons. The summed E-state index contributed by atoms with van der Waals surface area (Å²) in [5.41, 5.74) is 2.97. The van der Waals surface area contributed by atoms with Crippen LogP contribution in [0, 0.1) is 10.7 Å². The van der Waals surface area contributed by atoms with E-state index in [2.05, 4.69) is 43.9 Å². The van der Waals surface area contributed by atoms with Crippen LogP contribution in [-0.2, 0) is 28.4 Å². The molecule has 2 aliphatic rings. The number of amides is 2. The second-order valence-electron chi connectivity index (χ2n) is 8.56. The molecular weight excluding hydrogens is 488 g/mol. The van der Waals surface area contributed by atoms with Gasteiger partial charge in [0, 0.05) is 10.2 Å². The fourth-order valence-corrected chi connectivity index (χ4v) is 6.52. The average molecular weight is 513 g/mol. The molecule has 1 fully saturated rings. The third kappa shape index (κ3) is 4.15. The molecule has 10 heteroatoms. The summed E-state index contributed by atoms with van der Waals surface area (Å²) in [5.74, 6) is 0.940. The molecule has 162 valence electrons. The number of halogens is 1. The number of benzene rings is 1. The molecule has 7 nitrogen and oxygen atoms in total. The van der Waals surface area contributed by atoms with Crippen LogP contribution in [0.5, 0.6) is 0 Å². The molecule has 2 amide bonds. The van der Waals surface area contributed by atoms with Crippen LogP contribution >= 0.6 is 27.3 Å².